The number of nitrogens with zero attached hydrogens (tertiary/aromatic N) is 1. The van der Waals surface area contributed by atoms with Crippen LogP contribution >= 0.6 is 0 Å². The summed E-state index contributed by atoms with van der Waals surface area (Å²) in [6.07, 6.45) is 0.571. The second kappa shape index (κ2) is 9.64. The molecule has 184 valence electrons. The van der Waals surface area contributed by atoms with Gasteiger partial charge in [0.05, 0.1) is 31.2 Å². The summed E-state index contributed by atoms with van der Waals surface area (Å²) in [5.41, 5.74) is 4.52. The molecular weight excluding hydrogens is 460 g/mol. The van der Waals surface area contributed by atoms with E-state index >= 15 is 0 Å². The molecule has 0 radical (unpaired) electrons. The van der Waals surface area contributed by atoms with Crippen LogP contribution in [0.5, 0.6) is 11.5 Å². The molecule has 2 aliphatic heterocycles. The minimum atomic E-state index is -3.72. The predicted octanol–water partition coefficient (Wildman–Crippen LogP) is 3.68. The normalized spacial score (nSPS) is 21.9. The molecule has 0 saturated carbocycles. The molecule has 0 spiro atoms. The number of rotatable bonds is 7. The van der Waals surface area contributed by atoms with Gasteiger partial charge in [0.15, 0.2) is 17.7 Å². The van der Waals surface area contributed by atoms with Crippen molar-refractivity contribution in [3.63, 3.8) is 0 Å². The first-order chi connectivity index (χ1) is 16.9. The molecule has 6 nitrogen and oxygen atoms in total. The predicted molar refractivity (Wildman–Crippen MR) is 135 cm³/mol. The standard InChI is InChI=1S/C28H32N2O4S/c1-4-33-26-15-12-22(18-27(26)34-5-2)28-29-17-16-21-8-6-7-9-24(21)25(29)19-30(28)35(31,32)23-13-10-20(3)11-14-23/h6-15,18,25,28H,4-5,16-17,19H2,1-3H3/p+1/t25-,28-/m0/s1. The number of quaternary nitrogens is 1. The molecule has 1 N–H and O–H groups in total. The molecule has 2 heterocycles. The van der Waals surface area contributed by atoms with E-state index in [2.05, 4.69) is 24.3 Å². The van der Waals surface area contributed by atoms with Crippen molar-refractivity contribution in [2.45, 2.75) is 44.3 Å². The van der Waals surface area contributed by atoms with Crippen molar-refractivity contribution in [2.75, 3.05) is 26.3 Å². The third-order valence-electron chi connectivity index (χ3n) is 7.07. The Balaban J connectivity index is 1.62. The van der Waals surface area contributed by atoms with Gasteiger partial charge in [-0.1, -0.05) is 42.0 Å². The summed E-state index contributed by atoms with van der Waals surface area (Å²) >= 11 is 0. The van der Waals surface area contributed by atoms with Crippen molar-refractivity contribution in [3.8, 4) is 11.5 Å². The van der Waals surface area contributed by atoms with Gasteiger partial charge in [-0.15, -0.1) is 4.31 Å². The highest BCUT2D eigenvalue weighted by Gasteiger charge is 2.52. The third-order valence-corrected chi connectivity index (χ3v) is 8.92. The fraction of sp³-hybridized carbons (Fsp3) is 0.357. The van der Waals surface area contributed by atoms with Gasteiger partial charge < -0.3 is 14.4 Å². The molecule has 3 atom stereocenters. The summed E-state index contributed by atoms with van der Waals surface area (Å²) in [5, 5.41) is 0. The lowest BCUT2D eigenvalue weighted by Gasteiger charge is -2.33. The SMILES string of the molecule is CCOc1ccc([C@@H]2N(S(=O)(=O)c3ccc(C)cc3)C[C@H]3c4ccccc4CC[NH+]23)cc1OCC. The zero-order chi connectivity index (χ0) is 24.6. The lowest BCUT2D eigenvalue weighted by Crippen LogP contribution is -3.12. The van der Waals surface area contributed by atoms with E-state index in [4.69, 9.17) is 9.47 Å². The Hall–Kier alpha value is -2.87. The van der Waals surface area contributed by atoms with Gasteiger partial charge in [-0.3, -0.25) is 0 Å². The molecule has 3 aromatic carbocycles. The lowest BCUT2D eigenvalue weighted by atomic mass is 9.93. The second-order valence-corrected chi connectivity index (χ2v) is 11.1. The van der Waals surface area contributed by atoms with Crippen LogP contribution in [0.1, 0.15) is 48.3 Å². The first-order valence-corrected chi connectivity index (χ1v) is 13.8. The van der Waals surface area contributed by atoms with E-state index < -0.39 is 10.0 Å². The summed E-state index contributed by atoms with van der Waals surface area (Å²) in [7, 11) is -3.72. The van der Waals surface area contributed by atoms with E-state index in [9.17, 15) is 8.42 Å². The molecule has 1 unspecified atom stereocenters. The van der Waals surface area contributed by atoms with Crippen LogP contribution in [-0.4, -0.2) is 39.0 Å². The van der Waals surface area contributed by atoms with E-state index in [-0.39, 0.29) is 12.2 Å². The molecule has 35 heavy (non-hydrogen) atoms. The van der Waals surface area contributed by atoms with Gasteiger partial charge in [0.25, 0.3) is 0 Å². The maximum absolute atomic E-state index is 14.0. The summed E-state index contributed by atoms with van der Waals surface area (Å²) in [4.78, 5) is 1.59. The van der Waals surface area contributed by atoms with Crippen LogP contribution in [0.15, 0.2) is 71.6 Å². The molecule has 1 fully saturated rings. The number of fused-ring (bicyclic) bond motifs is 3. The lowest BCUT2D eigenvalue weighted by molar-refractivity contribution is -0.953. The maximum atomic E-state index is 14.0. The van der Waals surface area contributed by atoms with Crippen molar-refractivity contribution >= 4 is 10.0 Å². The van der Waals surface area contributed by atoms with Gasteiger partial charge in [0.1, 0.15) is 6.04 Å². The van der Waals surface area contributed by atoms with Gasteiger partial charge >= 0.3 is 0 Å². The van der Waals surface area contributed by atoms with Crippen LogP contribution in [0.4, 0.5) is 0 Å². The largest absolute Gasteiger partial charge is 0.490 e. The van der Waals surface area contributed by atoms with Gasteiger partial charge in [0, 0.05) is 17.5 Å². The molecule has 5 rings (SSSR count). The van der Waals surface area contributed by atoms with Crippen LogP contribution in [0.3, 0.4) is 0 Å². The summed E-state index contributed by atoms with van der Waals surface area (Å²) < 4.78 is 41.4. The number of benzene rings is 3. The van der Waals surface area contributed by atoms with Gasteiger partial charge in [-0.2, -0.15) is 0 Å². The van der Waals surface area contributed by atoms with Gasteiger partial charge in [-0.05, 0) is 56.7 Å². The fourth-order valence-electron chi connectivity index (χ4n) is 5.47. The minimum absolute atomic E-state index is 0.0762. The van der Waals surface area contributed by atoms with Crippen LogP contribution in [-0.2, 0) is 16.4 Å². The van der Waals surface area contributed by atoms with E-state index in [1.54, 1.807) is 16.4 Å². The fourth-order valence-corrected chi connectivity index (χ4v) is 7.10. The first-order valence-electron chi connectivity index (χ1n) is 12.4. The Labute approximate surface area is 208 Å². The summed E-state index contributed by atoms with van der Waals surface area (Å²) in [5.74, 6) is 1.33. The minimum Gasteiger partial charge on any atom is -0.490 e. The molecule has 3 aromatic rings. The molecule has 0 bridgehead atoms. The van der Waals surface area contributed by atoms with Crippen LogP contribution in [0.25, 0.3) is 0 Å². The smallest absolute Gasteiger partial charge is 0.248 e. The van der Waals surface area contributed by atoms with Crippen LogP contribution in [0.2, 0.25) is 0 Å². The molecule has 1 saturated heterocycles. The second-order valence-electron chi connectivity index (χ2n) is 9.19. The zero-order valence-electron chi connectivity index (χ0n) is 20.5. The number of nitrogens with one attached hydrogen (secondary N) is 1. The first kappa shape index (κ1) is 23.9. The average Bonchev–Trinajstić information content (AvgIpc) is 3.27. The number of ether oxygens (including phenoxy) is 2. The average molecular weight is 494 g/mol. The van der Waals surface area contributed by atoms with Gasteiger partial charge in [-0.25, -0.2) is 8.42 Å². The Morgan fingerprint density at radius 3 is 2.40 bits per heavy atom. The van der Waals surface area contributed by atoms with E-state index in [1.165, 1.54) is 16.0 Å². The van der Waals surface area contributed by atoms with Crippen molar-refractivity contribution in [3.05, 3.63) is 89.0 Å². The van der Waals surface area contributed by atoms with E-state index in [0.29, 0.717) is 36.2 Å². The highest BCUT2D eigenvalue weighted by atomic mass is 32.2. The summed E-state index contributed by atoms with van der Waals surface area (Å²) in [6, 6.07) is 21.5. The highest BCUT2D eigenvalue weighted by Crippen LogP contribution is 2.38. The number of hydrogen-bond acceptors (Lipinski definition) is 4. The monoisotopic (exact) mass is 493 g/mol. The maximum Gasteiger partial charge on any atom is 0.248 e. The van der Waals surface area contributed by atoms with Gasteiger partial charge in [0.2, 0.25) is 10.0 Å². The molecule has 0 amide bonds. The number of sulfonamides is 1. The number of hydrogen-bond donors (Lipinski definition) is 1. The topological polar surface area (TPSA) is 60.3 Å². The Morgan fingerprint density at radius 2 is 1.66 bits per heavy atom. The quantitative estimate of drug-likeness (QED) is 0.546. The van der Waals surface area contributed by atoms with E-state index in [0.717, 1.165) is 24.1 Å². The zero-order valence-corrected chi connectivity index (χ0v) is 21.3. The third kappa shape index (κ3) is 4.33. The van der Waals surface area contributed by atoms with Crippen LogP contribution < -0.4 is 14.4 Å². The van der Waals surface area contributed by atoms with Crippen molar-refractivity contribution < 1.29 is 22.8 Å². The van der Waals surface area contributed by atoms with Crippen molar-refractivity contribution in [1.29, 1.82) is 0 Å². The molecular formula is C28H33N2O4S+. The molecule has 7 heteroatoms. The molecule has 2 aliphatic rings. The Morgan fingerprint density at radius 1 is 0.943 bits per heavy atom. The van der Waals surface area contributed by atoms with Crippen molar-refractivity contribution in [2.24, 2.45) is 0 Å². The Kier molecular flexibility index (Phi) is 6.57. The highest BCUT2D eigenvalue weighted by molar-refractivity contribution is 7.89. The van der Waals surface area contributed by atoms with Crippen molar-refractivity contribution in [1.82, 2.24) is 4.31 Å². The van der Waals surface area contributed by atoms with Crippen LogP contribution in [0, 0.1) is 6.92 Å². The van der Waals surface area contributed by atoms with E-state index in [1.807, 2.05) is 51.1 Å². The number of aryl methyl sites for hydroxylation is 1. The Bertz CT molecular complexity index is 1310. The molecule has 0 aliphatic carbocycles. The summed E-state index contributed by atoms with van der Waals surface area (Å²) in [6.45, 7) is 8.18. The molecule has 0 aromatic heterocycles.